The summed E-state index contributed by atoms with van der Waals surface area (Å²) in [6.07, 6.45) is 5.36. The van der Waals surface area contributed by atoms with E-state index in [0.29, 0.717) is 30.5 Å². The lowest BCUT2D eigenvalue weighted by Crippen LogP contribution is -2.49. The Labute approximate surface area is 173 Å². The van der Waals surface area contributed by atoms with E-state index >= 15 is 0 Å². The molecule has 3 heterocycles. The predicted molar refractivity (Wildman–Crippen MR) is 112 cm³/mol. The topological polar surface area (TPSA) is 92.3 Å². The van der Waals surface area contributed by atoms with Crippen molar-refractivity contribution in [3.05, 3.63) is 59.3 Å². The van der Waals surface area contributed by atoms with Crippen molar-refractivity contribution in [2.24, 2.45) is 0 Å². The zero-order valence-electron chi connectivity index (χ0n) is 15.8. The number of hydrogen-bond donors (Lipinski definition) is 2. The van der Waals surface area contributed by atoms with Gasteiger partial charge in [-0.05, 0) is 31.0 Å². The minimum Gasteiger partial charge on any atom is -0.487 e. The van der Waals surface area contributed by atoms with Gasteiger partial charge in [-0.2, -0.15) is 0 Å². The van der Waals surface area contributed by atoms with Crippen LogP contribution in [0.1, 0.15) is 18.5 Å². The van der Waals surface area contributed by atoms with E-state index in [2.05, 4.69) is 30.5 Å². The number of piperidine rings is 1. The molecule has 1 aromatic carbocycles. The smallest absolute Gasteiger partial charge is 0.319 e. The van der Waals surface area contributed by atoms with Gasteiger partial charge in [0.05, 0.1) is 11.2 Å². The minimum absolute atomic E-state index is 0.0386. The van der Waals surface area contributed by atoms with Crippen LogP contribution in [0, 0.1) is 0 Å². The molecule has 8 nitrogen and oxygen atoms in total. The molecule has 3 aromatic rings. The molecule has 0 saturated carbocycles. The second-order valence-corrected chi connectivity index (χ2v) is 7.45. The van der Waals surface area contributed by atoms with Gasteiger partial charge in [0.1, 0.15) is 12.4 Å². The van der Waals surface area contributed by atoms with Gasteiger partial charge in [-0.1, -0.05) is 6.07 Å². The molecule has 1 fully saturated rings. The molecule has 150 valence electrons. The van der Waals surface area contributed by atoms with Gasteiger partial charge in [-0.3, -0.25) is 0 Å². The first kappa shape index (κ1) is 19.1. The van der Waals surface area contributed by atoms with Crippen LogP contribution < -0.4 is 20.3 Å². The number of rotatable bonds is 6. The third-order valence-electron chi connectivity index (χ3n) is 4.55. The highest BCUT2D eigenvalue weighted by molar-refractivity contribution is 7.07. The monoisotopic (exact) mass is 410 g/mol. The third-order valence-corrected chi connectivity index (χ3v) is 5.19. The van der Waals surface area contributed by atoms with E-state index in [1.807, 2.05) is 23.6 Å². The summed E-state index contributed by atoms with van der Waals surface area (Å²) in [7, 11) is 0. The standard InChI is InChI=1S/C20H22N6O2S/c27-20(25-16-5-2-9-26(11-16)19-21-7-3-8-22-19)24-15-4-1-6-18(10-15)28-12-17-13-29-14-23-17/h1,3-4,6-8,10,13-14,16H,2,5,9,11-12H2,(H2,24,25,27). The molecule has 0 aliphatic carbocycles. The summed E-state index contributed by atoms with van der Waals surface area (Å²) in [5, 5.41) is 7.88. The summed E-state index contributed by atoms with van der Waals surface area (Å²) in [5.41, 5.74) is 3.34. The largest absolute Gasteiger partial charge is 0.487 e. The molecular formula is C20H22N6O2S. The van der Waals surface area contributed by atoms with Crippen molar-refractivity contribution >= 4 is 29.0 Å². The quantitative estimate of drug-likeness (QED) is 0.648. The van der Waals surface area contributed by atoms with Gasteiger partial charge in [0.2, 0.25) is 5.95 Å². The maximum absolute atomic E-state index is 12.5. The van der Waals surface area contributed by atoms with E-state index in [9.17, 15) is 4.79 Å². The first-order valence-electron chi connectivity index (χ1n) is 9.46. The maximum Gasteiger partial charge on any atom is 0.319 e. The highest BCUT2D eigenvalue weighted by Gasteiger charge is 2.23. The van der Waals surface area contributed by atoms with Gasteiger partial charge in [-0.25, -0.2) is 19.7 Å². The highest BCUT2D eigenvalue weighted by Crippen LogP contribution is 2.19. The fraction of sp³-hybridized carbons (Fsp3) is 0.300. The lowest BCUT2D eigenvalue weighted by atomic mass is 10.1. The summed E-state index contributed by atoms with van der Waals surface area (Å²) in [6, 6.07) is 8.94. The molecule has 1 atom stereocenters. The molecular weight excluding hydrogens is 388 g/mol. The van der Waals surface area contributed by atoms with Crippen molar-refractivity contribution in [3.8, 4) is 5.75 Å². The number of amides is 2. The number of hydrogen-bond acceptors (Lipinski definition) is 7. The van der Waals surface area contributed by atoms with Gasteiger partial charge < -0.3 is 20.3 Å². The summed E-state index contributed by atoms with van der Waals surface area (Å²) < 4.78 is 5.74. The maximum atomic E-state index is 12.5. The number of nitrogens with zero attached hydrogens (tertiary/aromatic N) is 4. The van der Waals surface area contributed by atoms with Crippen LogP contribution >= 0.6 is 11.3 Å². The van der Waals surface area contributed by atoms with E-state index in [1.165, 1.54) is 11.3 Å². The molecule has 1 aliphatic heterocycles. The number of ether oxygens (including phenoxy) is 1. The van der Waals surface area contributed by atoms with Crippen LogP contribution in [0.2, 0.25) is 0 Å². The minimum atomic E-state index is -0.234. The van der Waals surface area contributed by atoms with Gasteiger partial charge in [0.25, 0.3) is 0 Å². The van der Waals surface area contributed by atoms with Crippen LogP contribution in [-0.4, -0.2) is 40.1 Å². The number of benzene rings is 1. The zero-order chi connectivity index (χ0) is 19.9. The van der Waals surface area contributed by atoms with E-state index in [-0.39, 0.29) is 12.1 Å². The Balaban J connectivity index is 1.29. The summed E-state index contributed by atoms with van der Waals surface area (Å²) in [4.78, 5) is 27.3. The van der Waals surface area contributed by atoms with Crippen LogP contribution in [0.15, 0.2) is 53.6 Å². The average molecular weight is 411 g/mol. The molecule has 0 radical (unpaired) electrons. The lowest BCUT2D eigenvalue weighted by Gasteiger charge is -2.33. The third kappa shape index (κ3) is 5.41. The Morgan fingerprint density at radius 1 is 1.24 bits per heavy atom. The van der Waals surface area contributed by atoms with Crippen LogP contribution in [0.3, 0.4) is 0 Å². The number of carbonyl (C=O) groups is 1. The van der Waals surface area contributed by atoms with Crippen LogP contribution in [0.25, 0.3) is 0 Å². The number of urea groups is 1. The van der Waals surface area contributed by atoms with Crippen molar-refractivity contribution in [3.63, 3.8) is 0 Å². The van der Waals surface area contributed by atoms with E-state index in [4.69, 9.17) is 4.74 Å². The molecule has 0 spiro atoms. The molecule has 1 aliphatic rings. The second-order valence-electron chi connectivity index (χ2n) is 6.73. The highest BCUT2D eigenvalue weighted by atomic mass is 32.1. The molecule has 9 heteroatoms. The van der Waals surface area contributed by atoms with Crippen molar-refractivity contribution in [1.29, 1.82) is 0 Å². The van der Waals surface area contributed by atoms with Crippen molar-refractivity contribution in [1.82, 2.24) is 20.3 Å². The second kappa shape index (κ2) is 9.33. The van der Waals surface area contributed by atoms with Crippen molar-refractivity contribution in [2.45, 2.75) is 25.5 Å². The Kier molecular flexibility index (Phi) is 6.16. The van der Waals surface area contributed by atoms with Crippen LogP contribution in [-0.2, 0) is 6.61 Å². The Morgan fingerprint density at radius 2 is 2.14 bits per heavy atom. The summed E-state index contributed by atoms with van der Waals surface area (Å²) in [5.74, 6) is 1.38. The molecule has 2 amide bonds. The predicted octanol–water partition coefficient (Wildman–Crippen LogP) is 3.30. The molecule has 0 bridgehead atoms. The van der Waals surface area contributed by atoms with Gasteiger partial charge in [-0.15, -0.1) is 11.3 Å². The summed E-state index contributed by atoms with van der Waals surface area (Å²) in [6.45, 7) is 1.98. The Morgan fingerprint density at radius 3 is 2.97 bits per heavy atom. The number of thiazole rings is 1. The van der Waals surface area contributed by atoms with Gasteiger partial charge >= 0.3 is 6.03 Å². The zero-order valence-corrected chi connectivity index (χ0v) is 16.6. The molecule has 29 heavy (non-hydrogen) atoms. The molecule has 2 N–H and O–H groups in total. The Bertz CT molecular complexity index is 922. The number of anilines is 2. The lowest BCUT2D eigenvalue weighted by molar-refractivity contribution is 0.246. The molecule has 1 unspecified atom stereocenters. The Hall–Kier alpha value is -3.20. The van der Waals surface area contributed by atoms with Gasteiger partial charge in [0, 0.05) is 48.7 Å². The van der Waals surface area contributed by atoms with Crippen molar-refractivity contribution in [2.75, 3.05) is 23.3 Å². The first-order valence-corrected chi connectivity index (χ1v) is 10.4. The van der Waals surface area contributed by atoms with E-state index < -0.39 is 0 Å². The molecule has 2 aromatic heterocycles. The van der Waals surface area contributed by atoms with Crippen molar-refractivity contribution < 1.29 is 9.53 Å². The molecule has 1 saturated heterocycles. The van der Waals surface area contributed by atoms with E-state index in [0.717, 1.165) is 25.1 Å². The van der Waals surface area contributed by atoms with E-state index in [1.54, 1.807) is 30.0 Å². The normalized spacial score (nSPS) is 16.3. The van der Waals surface area contributed by atoms with Crippen LogP contribution in [0.5, 0.6) is 5.75 Å². The fourth-order valence-electron chi connectivity index (χ4n) is 3.21. The van der Waals surface area contributed by atoms with Crippen LogP contribution in [0.4, 0.5) is 16.4 Å². The number of carbonyl (C=O) groups excluding carboxylic acids is 1. The first-order chi connectivity index (χ1) is 14.3. The fourth-order valence-corrected chi connectivity index (χ4v) is 3.76. The summed E-state index contributed by atoms with van der Waals surface area (Å²) >= 11 is 1.53. The number of nitrogens with one attached hydrogen (secondary N) is 2. The van der Waals surface area contributed by atoms with Gasteiger partial charge in [0.15, 0.2) is 0 Å². The molecule has 4 rings (SSSR count). The average Bonchev–Trinajstić information content (AvgIpc) is 3.27. The number of aromatic nitrogens is 3. The SMILES string of the molecule is O=C(Nc1cccc(OCc2cscn2)c1)NC1CCCN(c2ncccn2)C1.